The van der Waals surface area contributed by atoms with E-state index in [0.717, 1.165) is 37.6 Å². The Morgan fingerprint density at radius 2 is 2.24 bits per heavy atom. The normalized spacial score (nSPS) is 18.2. The van der Waals surface area contributed by atoms with Gasteiger partial charge in [0.2, 0.25) is 11.8 Å². The highest BCUT2D eigenvalue weighted by Crippen LogP contribution is 2.25. The first kappa shape index (κ1) is 13.9. The minimum absolute atomic E-state index is 0.384. The maximum atomic E-state index is 5.20. The van der Waals surface area contributed by atoms with Gasteiger partial charge in [0.1, 0.15) is 0 Å². The molecule has 1 fully saturated rings. The third kappa shape index (κ3) is 2.84. The molecule has 1 aliphatic rings. The summed E-state index contributed by atoms with van der Waals surface area (Å²) < 4.78 is 7.28. The van der Waals surface area contributed by atoms with Crippen molar-refractivity contribution >= 4 is 5.95 Å². The van der Waals surface area contributed by atoms with Gasteiger partial charge in [-0.15, -0.1) is 0 Å². The minimum atomic E-state index is 0.384. The molecule has 1 aliphatic heterocycles. The summed E-state index contributed by atoms with van der Waals surface area (Å²) >= 11 is 0. The largest absolute Gasteiger partial charge is 0.481 e. The van der Waals surface area contributed by atoms with Crippen LogP contribution in [0.2, 0.25) is 0 Å². The van der Waals surface area contributed by atoms with Crippen LogP contribution in [0.1, 0.15) is 24.2 Å². The van der Waals surface area contributed by atoms with Gasteiger partial charge in [-0.1, -0.05) is 0 Å². The number of anilines is 1. The van der Waals surface area contributed by atoms with Gasteiger partial charge in [0.05, 0.1) is 25.4 Å². The molecule has 112 valence electrons. The molecule has 1 unspecified atom stereocenters. The smallest absolute Gasteiger partial charge is 0.228 e. The summed E-state index contributed by atoms with van der Waals surface area (Å²) in [6, 6.07) is 4.27. The molecule has 3 heterocycles. The standard InChI is InChI=1S/C15H21N5O/c1-11-9-12(2)20(18-11)10-13-5-4-8-19(13)15-16-7-6-14(17-15)21-3/h6-7,9,13H,4-5,8,10H2,1-3H3. The Morgan fingerprint density at radius 3 is 2.95 bits per heavy atom. The van der Waals surface area contributed by atoms with Crippen molar-refractivity contribution in [3.05, 3.63) is 29.7 Å². The first-order valence-corrected chi connectivity index (χ1v) is 7.32. The summed E-state index contributed by atoms with van der Waals surface area (Å²) in [6.07, 6.45) is 4.04. The van der Waals surface area contributed by atoms with E-state index in [9.17, 15) is 0 Å². The Hall–Kier alpha value is -2.11. The zero-order valence-corrected chi connectivity index (χ0v) is 12.8. The summed E-state index contributed by atoms with van der Waals surface area (Å²) in [6.45, 7) is 5.99. The van der Waals surface area contributed by atoms with E-state index in [-0.39, 0.29) is 0 Å². The highest BCUT2D eigenvalue weighted by atomic mass is 16.5. The molecule has 0 saturated carbocycles. The fraction of sp³-hybridized carbons (Fsp3) is 0.533. The quantitative estimate of drug-likeness (QED) is 0.860. The summed E-state index contributed by atoms with van der Waals surface area (Å²) in [5, 5.41) is 4.56. The third-order valence-electron chi connectivity index (χ3n) is 3.95. The second-order valence-electron chi connectivity index (χ2n) is 5.50. The summed E-state index contributed by atoms with van der Waals surface area (Å²) in [5.41, 5.74) is 2.26. The lowest BCUT2D eigenvalue weighted by Crippen LogP contribution is -2.34. The van der Waals surface area contributed by atoms with Crippen LogP contribution in [0.3, 0.4) is 0 Å². The predicted molar refractivity (Wildman–Crippen MR) is 80.7 cm³/mol. The molecule has 0 spiro atoms. The number of methoxy groups -OCH3 is 1. The number of hydrogen-bond donors (Lipinski definition) is 0. The maximum Gasteiger partial charge on any atom is 0.228 e. The van der Waals surface area contributed by atoms with Crippen LogP contribution in [0.15, 0.2) is 18.3 Å². The van der Waals surface area contributed by atoms with Gasteiger partial charge in [0.15, 0.2) is 0 Å². The molecule has 0 aromatic carbocycles. The lowest BCUT2D eigenvalue weighted by molar-refractivity contribution is 0.396. The minimum Gasteiger partial charge on any atom is -0.481 e. The van der Waals surface area contributed by atoms with Crippen LogP contribution >= 0.6 is 0 Å². The topological polar surface area (TPSA) is 56.1 Å². The number of aromatic nitrogens is 4. The van der Waals surface area contributed by atoms with Crippen molar-refractivity contribution in [2.75, 3.05) is 18.6 Å². The molecule has 2 aromatic rings. The molecule has 0 radical (unpaired) electrons. The summed E-state index contributed by atoms with van der Waals surface area (Å²) in [7, 11) is 1.63. The Bertz CT molecular complexity index is 624. The van der Waals surface area contributed by atoms with E-state index in [1.807, 2.05) is 6.92 Å². The van der Waals surface area contributed by atoms with Crippen molar-refractivity contribution in [2.45, 2.75) is 39.3 Å². The van der Waals surface area contributed by atoms with Crippen molar-refractivity contribution in [2.24, 2.45) is 0 Å². The van der Waals surface area contributed by atoms with Gasteiger partial charge in [0, 0.05) is 24.5 Å². The lowest BCUT2D eigenvalue weighted by Gasteiger charge is -2.25. The molecule has 6 heteroatoms. The van der Waals surface area contributed by atoms with Gasteiger partial charge in [-0.25, -0.2) is 4.98 Å². The van der Waals surface area contributed by atoms with Crippen LogP contribution in [-0.2, 0) is 6.54 Å². The number of nitrogens with zero attached hydrogens (tertiary/aromatic N) is 5. The molecule has 0 N–H and O–H groups in total. The fourth-order valence-corrected chi connectivity index (χ4v) is 2.93. The van der Waals surface area contributed by atoms with E-state index in [4.69, 9.17) is 4.74 Å². The van der Waals surface area contributed by atoms with Gasteiger partial charge in [-0.3, -0.25) is 4.68 Å². The molecule has 2 aromatic heterocycles. The van der Waals surface area contributed by atoms with E-state index in [0.29, 0.717) is 11.9 Å². The summed E-state index contributed by atoms with van der Waals surface area (Å²) in [5.74, 6) is 1.36. The van der Waals surface area contributed by atoms with Gasteiger partial charge in [-0.2, -0.15) is 10.1 Å². The molecule has 21 heavy (non-hydrogen) atoms. The first-order chi connectivity index (χ1) is 10.2. The van der Waals surface area contributed by atoms with Crippen molar-refractivity contribution in [3.63, 3.8) is 0 Å². The number of ether oxygens (including phenoxy) is 1. The molecule has 0 aliphatic carbocycles. The molecule has 1 saturated heterocycles. The molecule has 6 nitrogen and oxygen atoms in total. The molecule has 0 amide bonds. The van der Waals surface area contributed by atoms with Crippen LogP contribution < -0.4 is 9.64 Å². The molecule has 0 bridgehead atoms. The second kappa shape index (κ2) is 5.71. The predicted octanol–water partition coefficient (Wildman–Crippen LogP) is 1.97. The maximum absolute atomic E-state index is 5.20. The van der Waals surface area contributed by atoms with Crippen LogP contribution in [0.4, 0.5) is 5.95 Å². The Kier molecular flexibility index (Phi) is 3.77. The van der Waals surface area contributed by atoms with Crippen LogP contribution in [-0.4, -0.2) is 39.4 Å². The Labute approximate surface area is 124 Å². The average Bonchev–Trinajstić information content (AvgIpc) is 3.06. The zero-order chi connectivity index (χ0) is 14.8. The second-order valence-corrected chi connectivity index (χ2v) is 5.50. The van der Waals surface area contributed by atoms with E-state index in [2.05, 4.69) is 37.6 Å². The Morgan fingerprint density at radius 1 is 1.38 bits per heavy atom. The lowest BCUT2D eigenvalue weighted by atomic mass is 10.2. The first-order valence-electron chi connectivity index (χ1n) is 7.32. The Balaban J connectivity index is 1.80. The average molecular weight is 287 g/mol. The highest BCUT2D eigenvalue weighted by Gasteiger charge is 2.27. The third-order valence-corrected chi connectivity index (χ3v) is 3.95. The zero-order valence-electron chi connectivity index (χ0n) is 12.8. The fourth-order valence-electron chi connectivity index (χ4n) is 2.93. The van der Waals surface area contributed by atoms with E-state index in [1.165, 1.54) is 5.69 Å². The van der Waals surface area contributed by atoms with E-state index < -0.39 is 0 Å². The van der Waals surface area contributed by atoms with Gasteiger partial charge in [0.25, 0.3) is 0 Å². The molecular weight excluding hydrogens is 266 g/mol. The van der Waals surface area contributed by atoms with Gasteiger partial charge < -0.3 is 9.64 Å². The van der Waals surface area contributed by atoms with Crippen molar-refractivity contribution < 1.29 is 4.74 Å². The van der Waals surface area contributed by atoms with Crippen molar-refractivity contribution in [1.82, 2.24) is 19.7 Å². The van der Waals surface area contributed by atoms with E-state index in [1.54, 1.807) is 19.4 Å². The molecule has 1 atom stereocenters. The van der Waals surface area contributed by atoms with Crippen molar-refractivity contribution in [1.29, 1.82) is 0 Å². The number of hydrogen-bond acceptors (Lipinski definition) is 5. The van der Waals surface area contributed by atoms with Crippen LogP contribution in [0.25, 0.3) is 0 Å². The van der Waals surface area contributed by atoms with Crippen molar-refractivity contribution in [3.8, 4) is 5.88 Å². The van der Waals surface area contributed by atoms with Gasteiger partial charge >= 0.3 is 0 Å². The summed E-state index contributed by atoms with van der Waals surface area (Å²) in [4.78, 5) is 11.1. The number of rotatable bonds is 4. The SMILES string of the molecule is COc1ccnc(N2CCCC2Cn2nc(C)cc2C)n1. The van der Waals surface area contributed by atoms with Gasteiger partial charge in [-0.05, 0) is 32.8 Å². The highest BCUT2D eigenvalue weighted by molar-refractivity contribution is 5.35. The monoisotopic (exact) mass is 287 g/mol. The van der Waals surface area contributed by atoms with Crippen LogP contribution in [0, 0.1) is 13.8 Å². The van der Waals surface area contributed by atoms with Crippen LogP contribution in [0.5, 0.6) is 5.88 Å². The number of aryl methyl sites for hydroxylation is 2. The van der Waals surface area contributed by atoms with E-state index >= 15 is 0 Å². The molecule has 3 rings (SSSR count). The molecular formula is C15H21N5O.